The van der Waals surface area contributed by atoms with Crippen molar-refractivity contribution in [3.63, 3.8) is 0 Å². The van der Waals surface area contributed by atoms with Crippen molar-refractivity contribution >= 4 is 0 Å². The molecule has 1 aliphatic heterocycles. The lowest BCUT2D eigenvalue weighted by Gasteiger charge is -2.15. The van der Waals surface area contributed by atoms with Crippen molar-refractivity contribution in [3.05, 3.63) is 77.4 Å². The molecule has 0 radical (unpaired) electrons. The van der Waals surface area contributed by atoms with Gasteiger partial charge in [0.25, 0.3) is 0 Å². The highest BCUT2D eigenvalue weighted by Gasteiger charge is 2.26. The molecule has 4 rings (SSSR count). The third kappa shape index (κ3) is 3.50. The van der Waals surface area contributed by atoms with Crippen molar-refractivity contribution in [1.29, 1.82) is 0 Å². The highest BCUT2D eigenvalue weighted by atomic mass is 16.5. The van der Waals surface area contributed by atoms with Crippen LogP contribution in [-0.4, -0.2) is 20.3 Å². The number of para-hydroxylation sites is 1. The molecular weight excluding hydrogens is 336 g/mol. The Labute approximate surface area is 160 Å². The summed E-state index contributed by atoms with van der Waals surface area (Å²) in [6, 6.07) is 20.9. The van der Waals surface area contributed by atoms with Gasteiger partial charge in [0.05, 0.1) is 14.2 Å². The molecule has 0 spiro atoms. The summed E-state index contributed by atoms with van der Waals surface area (Å²) in [6.07, 6.45) is 2.00. The van der Waals surface area contributed by atoms with Gasteiger partial charge in [-0.15, -0.1) is 0 Å². The van der Waals surface area contributed by atoms with Crippen LogP contribution >= 0.6 is 0 Å². The molecule has 0 N–H and O–H groups in total. The van der Waals surface area contributed by atoms with Gasteiger partial charge in [0.1, 0.15) is 23.4 Å². The van der Waals surface area contributed by atoms with Gasteiger partial charge in [-0.25, -0.2) is 0 Å². The van der Waals surface area contributed by atoms with Crippen molar-refractivity contribution in [2.75, 3.05) is 14.2 Å². The number of methoxy groups -OCH3 is 2. The minimum absolute atomic E-state index is 0.160. The minimum Gasteiger partial charge on any atom is -0.497 e. The first kappa shape index (κ1) is 17.5. The summed E-state index contributed by atoms with van der Waals surface area (Å²) in [5.74, 6) is 2.53. The Kier molecular flexibility index (Phi) is 4.76. The molecule has 3 heteroatoms. The molecule has 1 aliphatic rings. The summed E-state index contributed by atoms with van der Waals surface area (Å²) < 4.78 is 17.3. The highest BCUT2D eigenvalue weighted by Crippen LogP contribution is 2.43. The normalized spacial score (nSPS) is 15.1. The topological polar surface area (TPSA) is 27.7 Å². The van der Waals surface area contributed by atoms with Gasteiger partial charge in [-0.3, -0.25) is 0 Å². The number of fused-ring (bicyclic) bond motifs is 1. The Hall–Kier alpha value is -2.94. The fourth-order valence-electron chi connectivity index (χ4n) is 3.67. The number of rotatable bonds is 5. The Morgan fingerprint density at radius 2 is 1.74 bits per heavy atom. The molecule has 3 aromatic carbocycles. The van der Waals surface area contributed by atoms with Gasteiger partial charge in [0.2, 0.25) is 0 Å². The third-order valence-electron chi connectivity index (χ3n) is 5.11. The van der Waals surface area contributed by atoms with Gasteiger partial charge in [-0.1, -0.05) is 48.0 Å². The van der Waals surface area contributed by atoms with Gasteiger partial charge in [0, 0.05) is 30.0 Å². The summed E-state index contributed by atoms with van der Waals surface area (Å²) in [4.78, 5) is 0. The second kappa shape index (κ2) is 7.36. The zero-order valence-electron chi connectivity index (χ0n) is 16.0. The number of benzene rings is 3. The fourth-order valence-corrected chi connectivity index (χ4v) is 3.67. The Morgan fingerprint density at radius 1 is 0.926 bits per heavy atom. The first-order valence-electron chi connectivity index (χ1n) is 9.24. The van der Waals surface area contributed by atoms with Gasteiger partial charge in [-0.05, 0) is 30.2 Å². The minimum atomic E-state index is 0.160. The zero-order chi connectivity index (χ0) is 18.8. The predicted molar refractivity (Wildman–Crippen MR) is 108 cm³/mol. The molecule has 0 amide bonds. The van der Waals surface area contributed by atoms with Crippen LogP contribution in [0.25, 0.3) is 11.1 Å². The molecule has 1 heterocycles. The lowest BCUT2D eigenvalue weighted by atomic mass is 9.98. The molecule has 0 aromatic heterocycles. The molecule has 27 heavy (non-hydrogen) atoms. The number of hydrogen-bond acceptors (Lipinski definition) is 3. The smallest absolute Gasteiger partial charge is 0.131 e. The van der Waals surface area contributed by atoms with Crippen molar-refractivity contribution < 1.29 is 14.2 Å². The third-order valence-corrected chi connectivity index (χ3v) is 5.11. The van der Waals surface area contributed by atoms with Crippen molar-refractivity contribution in [3.8, 4) is 28.4 Å². The van der Waals surface area contributed by atoms with Crippen LogP contribution in [0.2, 0.25) is 0 Å². The van der Waals surface area contributed by atoms with E-state index in [-0.39, 0.29) is 6.10 Å². The monoisotopic (exact) mass is 360 g/mol. The van der Waals surface area contributed by atoms with Crippen LogP contribution in [0.4, 0.5) is 0 Å². The largest absolute Gasteiger partial charge is 0.497 e. The number of ether oxygens (including phenoxy) is 3. The molecule has 3 nitrogen and oxygen atoms in total. The fraction of sp³-hybridized carbons (Fsp3) is 0.250. The summed E-state index contributed by atoms with van der Waals surface area (Å²) in [7, 11) is 3.34. The summed E-state index contributed by atoms with van der Waals surface area (Å²) in [5.41, 5.74) is 5.93. The Balaban J connectivity index is 1.63. The predicted octanol–water partition coefficient (Wildman–Crippen LogP) is 5.23. The van der Waals surface area contributed by atoms with E-state index < -0.39 is 0 Å². The SMILES string of the molecule is COc1ccc(-c2cccc3c2OC(Cc2ccc(C)cc2)C3)c(OC)c1. The number of aryl methyl sites for hydroxylation is 1. The lowest BCUT2D eigenvalue weighted by Crippen LogP contribution is -2.16. The molecule has 0 bridgehead atoms. The second-order valence-electron chi connectivity index (χ2n) is 6.99. The maximum Gasteiger partial charge on any atom is 0.131 e. The first-order valence-corrected chi connectivity index (χ1v) is 9.24. The summed E-state index contributed by atoms with van der Waals surface area (Å²) in [5, 5.41) is 0. The van der Waals surface area contributed by atoms with Crippen molar-refractivity contribution in [1.82, 2.24) is 0 Å². The average Bonchev–Trinajstić information content (AvgIpc) is 3.11. The van der Waals surface area contributed by atoms with E-state index in [0.29, 0.717) is 0 Å². The van der Waals surface area contributed by atoms with E-state index in [1.807, 2.05) is 18.2 Å². The van der Waals surface area contributed by atoms with Crippen molar-refractivity contribution in [2.45, 2.75) is 25.9 Å². The number of hydrogen-bond donors (Lipinski definition) is 0. The van der Waals surface area contributed by atoms with Gasteiger partial charge in [-0.2, -0.15) is 0 Å². The standard InChI is InChI=1S/C24H24O3/c1-16-7-9-17(10-8-16)13-20-14-18-5-4-6-22(24(18)27-20)21-12-11-19(25-2)15-23(21)26-3/h4-12,15,20H,13-14H2,1-3H3. The van der Waals surface area contributed by atoms with E-state index in [0.717, 1.165) is 41.2 Å². The maximum atomic E-state index is 6.40. The second-order valence-corrected chi connectivity index (χ2v) is 6.99. The van der Waals surface area contributed by atoms with Crippen LogP contribution in [0.3, 0.4) is 0 Å². The molecule has 0 aliphatic carbocycles. The molecule has 1 atom stereocenters. The lowest BCUT2D eigenvalue weighted by molar-refractivity contribution is 0.234. The van der Waals surface area contributed by atoms with E-state index in [4.69, 9.17) is 14.2 Å². The van der Waals surface area contributed by atoms with E-state index >= 15 is 0 Å². The quantitative estimate of drug-likeness (QED) is 0.624. The van der Waals surface area contributed by atoms with Crippen molar-refractivity contribution in [2.24, 2.45) is 0 Å². The molecular formula is C24H24O3. The maximum absolute atomic E-state index is 6.40. The van der Waals surface area contributed by atoms with Crippen LogP contribution in [-0.2, 0) is 12.8 Å². The van der Waals surface area contributed by atoms with Crippen LogP contribution in [0.15, 0.2) is 60.7 Å². The molecule has 3 aromatic rings. The molecule has 1 unspecified atom stereocenters. The molecule has 0 saturated heterocycles. The molecule has 0 saturated carbocycles. The highest BCUT2D eigenvalue weighted by molar-refractivity contribution is 5.78. The summed E-state index contributed by atoms with van der Waals surface area (Å²) in [6.45, 7) is 2.11. The average molecular weight is 360 g/mol. The van der Waals surface area contributed by atoms with Crippen LogP contribution in [0.1, 0.15) is 16.7 Å². The van der Waals surface area contributed by atoms with E-state index in [2.05, 4.69) is 49.4 Å². The Morgan fingerprint density at radius 3 is 2.48 bits per heavy atom. The van der Waals surface area contributed by atoms with E-state index in [1.165, 1.54) is 16.7 Å². The zero-order valence-corrected chi connectivity index (χ0v) is 16.0. The molecule has 0 fully saturated rings. The van der Waals surface area contributed by atoms with E-state index in [9.17, 15) is 0 Å². The van der Waals surface area contributed by atoms with Gasteiger partial charge >= 0.3 is 0 Å². The van der Waals surface area contributed by atoms with Gasteiger partial charge in [0.15, 0.2) is 0 Å². The van der Waals surface area contributed by atoms with E-state index in [1.54, 1.807) is 14.2 Å². The molecule has 138 valence electrons. The first-order chi connectivity index (χ1) is 13.2. The van der Waals surface area contributed by atoms with Gasteiger partial charge < -0.3 is 14.2 Å². The van der Waals surface area contributed by atoms with Crippen LogP contribution in [0, 0.1) is 6.92 Å². The van der Waals surface area contributed by atoms with Crippen LogP contribution < -0.4 is 14.2 Å². The summed E-state index contributed by atoms with van der Waals surface area (Å²) >= 11 is 0. The van der Waals surface area contributed by atoms with Crippen LogP contribution in [0.5, 0.6) is 17.2 Å². The Bertz CT molecular complexity index is 944.